The van der Waals surface area contributed by atoms with Crippen LogP contribution in [-0.2, 0) is 4.74 Å². The molecular weight excluding hydrogens is 274 g/mol. The van der Waals surface area contributed by atoms with Crippen molar-refractivity contribution < 1.29 is 9.53 Å². The molecule has 0 amide bonds. The minimum atomic E-state index is -0.382. The average Bonchev–Trinajstić information content (AvgIpc) is 3.07. The Morgan fingerprint density at radius 3 is 2.55 bits per heavy atom. The second-order valence-corrected chi connectivity index (χ2v) is 6.69. The van der Waals surface area contributed by atoms with Gasteiger partial charge in [0.2, 0.25) is 0 Å². The maximum atomic E-state index is 11.8. The summed E-state index contributed by atoms with van der Waals surface area (Å²) < 4.78 is 8.95. The average molecular weight is 295 g/mol. The fourth-order valence-corrected chi connectivity index (χ4v) is 4.47. The highest BCUT2D eigenvalue weighted by atomic mass is 32.1. The zero-order valence-corrected chi connectivity index (χ0v) is 12.7. The van der Waals surface area contributed by atoms with Crippen LogP contribution in [0.5, 0.6) is 0 Å². The molecule has 1 aromatic rings. The standard InChI is InChI=1S/C14H21N3O2S/c1-19-13(18)10-11(15)16-20-12(10)17-8-6-14(7-9-17)4-2-3-5-14/h2-9H2,1H3,(H2,15,16). The van der Waals surface area contributed by atoms with Crippen molar-refractivity contribution in [1.29, 1.82) is 0 Å². The Labute approximate surface area is 123 Å². The van der Waals surface area contributed by atoms with Crippen LogP contribution in [0, 0.1) is 5.41 Å². The van der Waals surface area contributed by atoms with Gasteiger partial charge in [-0.25, -0.2) is 4.79 Å². The van der Waals surface area contributed by atoms with E-state index in [9.17, 15) is 4.79 Å². The molecule has 1 aliphatic heterocycles. The van der Waals surface area contributed by atoms with Crippen LogP contribution in [0.15, 0.2) is 0 Å². The number of ether oxygens (including phenoxy) is 1. The van der Waals surface area contributed by atoms with Crippen LogP contribution in [0.4, 0.5) is 10.8 Å². The number of hydrogen-bond acceptors (Lipinski definition) is 6. The van der Waals surface area contributed by atoms with E-state index < -0.39 is 0 Å². The van der Waals surface area contributed by atoms with Crippen molar-refractivity contribution in [2.75, 3.05) is 30.8 Å². The highest BCUT2D eigenvalue weighted by Crippen LogP contribution is 2.47. The Balaban J connectivity index is 1.76. The number of nitrogens with two attached hydrogens (primary N) is 1. The molecule has 1 aromatic heterocycles. The molecular formula is C14H21N3O2S. The highest BCUT2D eigenvalue weighted by molar-refractivity contribution is 7.11. The molecule has 0 bridgehead atoms. The number of aromatic nitrogens is 1. The van der Waals surface area contributed by atoms with Gasteiger partial charge in [-0.3, -0.25) is 0 Å². The van der Waals surface area contributed by atoms with Crippen LogP contribution in [0.3, 0.4) is 0 Å². The van der Waals surface area contributed by atoms with Crippen LogP contribution in [0.25, 0.3) is 0 Å². The number of nitrogen functional groups attached to an aromatic ring is 1. The summed E-state index contributed by atoms with van der Waals surface area (Å²) in [6, 6.07) is 0. The summed E-state index contributed by atoms with van der Waals surface area (Å²) in [5.41, 5.74) is 6.82. The van der Waals surface area contributed by atoms with Gasteiger partial charge in [-0.2, -0.15) is 4.37 Å². The number of carbonyl (C=O) groups is 1. The lowest BCUT2D eigenvalue weighted by Crippen LogP contribution is -2.39. The maximum absolute atomic E-state index is 11.8. The van der Waals surface area contributed by atoms with E-state index in [4.69, 9.17) is 10.5 Å². The van der Waals surface area contributed by atoms with Gasteiger partial charge in [0.05, 0.1) is 7.11 Å². The van der Waals surface area contributed by atoms with Gasteiger partial charge in [-0.15, -0.1) is 0 Å². The number of methoxy groups -OCH3 is 1. The van der Waals surface area contributed by atoms with Crippen LogP contribution in [0.1, 0.15) is 48.9 Å². The number of esters is 1. The molecule has 2 N–H and O–H groups in total. The maximum Gasteiger partial charge on any atom is 0.344 e. The molecule has 6 heteroatoms. The second kappa shape index (κ2) is 5.24. The van der Waals surface area contributed by atoms with Gasteiger partial charge >= 0.3 is 5.97 Å². The molecule has 2 fully saturated rings. The summed E-state index contributed by atoms with van der Waals surface area (Å²) >= 11 is 1.31. The lowest BCUT2D eigenvalue weighted by molar-refractivity contribution is 0.0603. The third-order valence-electron chi connectivity index (χ3n) is 4.87. The molecule has 110 valence electrons. The predicted molar refractivity (Wildman–Crippen MR) is 80.2 cm³/mol. The van der Waals surface area contributed by atoms with Gasteiger partial charge in [-0.05, 0) is 42.6 Å². The summed E-state index contributed by atoms with van der Waals surface area (Å²) in [5, 5.41) is 0.877. The third kappa shape index (κ3) is 2.26. The van der Waals surface area contributed by atoms with Crippen LogP contribution in [-0.4, -0.2) is 30.5 Å². The molecule has 5 nitrogen and oxygen atoms in total. The van der Waals surface area contributed by atoms with Crippen molar-refractivity contribution in [2.45, 2.75) is 38.5 Å². The number of carbonyl (C=O) groups excluding carboxylic acids is 1. The van der Waals surface area contributed by atoms with Gasteiger partial charge in [0.1, 0.15) is 10.6 Å². The molecule has 2 heterocycles. The molecule has 1 saturated carbocycles. The molecule has 20 heavy (non-hydrogen) atoms. The number of nitrogens with zero attached hydrogens (tertiary/aromatic N) is 2. The SMILES string of the molecule is COC(=O)c1c(N)nsc1N1CCC2(CCCC2)CC1. The monoisotopic (exact) mass is 295 g/mol. The number of anilines is 2. The molecule has 1 aliphatic carbocycles. The molecule has 0 radical (unpaired) electrons. The van der Waals surface area contributed by atoms with Gasteiger partial charge in [0.15, 0.2) is 5.82 Å². The Bertz CT molecular complexity index is 499. The van der Waals surface area contributed by atoms with E-state index in [1.165, 1.54) is 57.2 Å². The normalized spacial score (nSPS) is 21.4. The molecule has 0 atom stereocenters. The van der Waals surface area contributed by atoms with Gasteiger partial charge in [-0.1, -0.05) is 12.8 Å². The van der Waals surface area contributed by atoms with Crippen LogP contribution < -0.4 is 10.6 Å². The van der Waals surface area contributed by atoms with Crippen molar-refractivity contribution in [3.05, 3.63) is 5.56 Å². The fourth-order valence-electron chi connectivity index (χ4n) is 3.61. The number of piperidine rings is 1. The fraction of sp³-hybridized carbons (Fsp3) is 0.714. The Hall–Kier alpha value is -1.30. The van der Waals surface area contributed by atoms with Crippen molar-refractivity contribution in [3.63, 3.8) is 0 Å². The Morgan fingerprint density at radius 2 is 1.95 bits per heavy atom. The molecule has 0 unspecified atom stereocenters. The Morgan fingerprint density at radius 1 is 1.30 bits per heavy atom. The quantitative estimate of drug-likeness (QED) is 0.850. The summed E-state index contributed by atoms with van der Waals surface area (Å²) in [6.07, 6.45) is 7.92. The zero-order chi connectivity index (χ0) is 14.2. The summed E-state index contributed by atoms with van der Waals surface area (Å²) in [5.74, 6) is -0.0922. The van der Waals surface area contributed by atoms with Gasteiger partial charge < -0.3 is 15.4 Å². The van der Waals surface area contributed by atoms with E-state index >= 15 is 0 Å². The van der Waals surface area contributed by atoms with Gasteiger partial charge in [0.25, 0.3) is 0 Å². The molecule has 2 aliphatic rings. The second-order valence-electron chi connectivity index (χ2n) is 5.93. The summed E-state index contributed by atoms with van der Waals surface area (Å²) in [7, 11) is 1.38. The topological polar surface area (TPSA) is 68.5 Å². The minimum absolute atomic E-state index is 0.290. The van der Waals surface area contributed by atoms with Crippen molar-refractivity contribution >= 4 is 28.3 Å². The predicted octanol–water partition coefficient (Wildman–Crippen LogP) is 2.67. The number of rotatable bonds is 2. The Kier molecular flexibility index (Phi) is 3.58. The van der Waals surface area contributed by atoms with E-state index in [2.05, 4.69) is 9.27 Å². The van der Waals surface area contributed by atoms with E-state index in [0.29, 0.717) is 11.0 Å². The smallest absolute Gasteiger partial charge is 0.344 e. The molecule has 0 aromatic carbocycles. The molecule has 3 rings (SSSR count). The first kappa shape index (κ1) is 13.7. The van der Waals surface area contributed by atoms with Crippen LogP contribution in [0.2, 0.25) is 0 Å². The largest absolute Gasteiger partial charge is 0.465 e. The van der Waals surface area contributed by atoms with E-state index in [1.807, 2.05) is 0 Å². The molecule has 1 spiro atoms. The first-order chi connectivity index (χ1) is 9.65. The van der Waals surface area contributed by atoms with E-state index in [1.54, 1.807) is 0 Å². The lowest BCUT2D eigenvalue weighted by atomic mass is 9.77. The van der Waals surface area contributed by atoms with E-state index in [-0.39, 0.29) is 11.8 Å². The first-order valence-corrected chi connectivity index (χ1v) is 8.01. The van der Waals surface area contributed by atoms with Crippen molar-refractivity contribution in [2.24, 2.45) is 5.41 Å². The highest BCUT2D eigenvalue weighted by Gasteiger charge is 2.38. The summed E-state index contributed by atoms with van der Waals surface area (Å²) in [4.78, 5) is 14.1. The lowest BCUT2D eigenvalue weighted by Gasteiger charge is -2.39. The first-order valence-electron chi connectivity index (χ1n) is 7.24. The van der Waals surface area contributed by atoms with Crippen molar-refractivity contribution in [3.8, 4) is 0 Å². The number of hydrogen-bond donors (Lipinski definition) is 1. The third-order valence-corrected chi connectivity index (χ3v) is 5.79. The van der Waals surface area contributed by atoms with Gasteiger partial charge in [0, 0.05) is 13.1 Å². The van der Waals surface area contributed by atoms with Crippen molar-refractivity contribution in [1.82, 2.24) is 4.37 Å². The van der Waals surface area contributed by atoms with Crippen LogP contribution >= 0.6 is 11.5 Å². The van der Waals surface area contributed by atoms with E-state index in [0.717, 1.165) is 18.1 Å². The summed E-state index contributed by atoms with van der Waals surface area (Å²) in [6.45, 7) is 1.98. The zero-order valence-electron chi connectivity index (χ0n) is 11.9. The molecule has 1 saturated heterocycles. The minimum Gasteiger partial charge on any atom is -0.465 e.